The predicted molar refractivity (Wildman–Crippen MR) is 85.3 cm³/mol. The van der Waals surface area contributed by atoms with E-state index in [0.717, 1.165) is 22.4 Å². The number of pyridine rings is 1. The number of hydrogen-bond acceptors (Lipinski definition) is 4. The van der Waals surface area contributed by atoms with Gasteiger partial charge in [-0.3, -0.25) is 9.67 Å². The topological polar surface area (TPSA) is 52.3 Å². The number of rotatable bonds is 5. The van der Waals surface area contributed by atoms with Gasteiger partial charge in [0.1, 0.15) is 12.3 Å². The van der Waals surface area contributed by atoms with Gasteiger partial charge in [0.05, 0.1) is 6.21 Å². The highest BCUT2D eigenvalue weighted by Crippen LogP contribution is 2.19. The van der Waals surface area contributed by atoms with Crippen LogP contribution < -0.4 is 0 Å². The van der Waals surface area contributed by atoms with Crippen LogP contribution in [0.1, 0.15) is 11.1 Å². The van der Waals surface area contributed by atoms with E-state index in [1.807, 2.05) is 55.7 Å². The van der Waals surface area contributed by atoms with E-state index < -0.39 is 0 Å². The minimum Gasteiger partial charge on any atom is -0.391 e. The maximum absolute atomic E-state index is 5.34. The molecule has 0 bridgehead atoms. The summed E-state index contributed by atoms with van der Waals surface area (Å²) < 4.78 is 1.76. The second-order valence-corrected chi connectivity index (χ2v) is 4.84. The molecule has 3 rings (SSSR count). The molecule has 0 aliphatic heterocycles. The van der Waals surface area contributed by atoms with Crippen molar-refractivity contribution >= 4 is 6.21 Å². The second kappa shape index (κ2) is 6.67. The average Bonchev–Trinajstić information content (AvgIpc) is 2.94. The first-order valence-electron chi connectivity index (χ1n) is 6.96. The molecule has 5 nitrogen and oxygen atoms in total. The fourth-order valence-electron chi connectivity index (χ4n) is 2.12. The zero-order chi connectivity index (χ0) is 15.2. The SMILES string of the molecule is Cn1cc(/C=N/OCc2ccccc2)c(-c2ccncc2)n1. The third-order valence-electron chi connectivity index (χ3n) is 3.15. The van der Waals surface area contributed by atoms with Crippen LogP contribution in [0.3, 0.4) is 0 Å². The van der Waals surface area contributed by atoms with Gasteiger partial charge >= 0.3 is 0 Å². The van der Waals surface area contributed by atoms with E-state index in [2.05, 4.69) is 15.2 Å². The van der Waals surface area contributed by atoms with Gasteiger partial charge in [-0.1, -0.05) is 35.5 Å². The molecule has 0 unspecified atom stereocenters. The zero-order valence-corrected chi connectivity index (χ0v) is 12.3. The molecule has 0 saturated carbocycles. The minimum atomic E-state index is 0.447. The summed E-state index contributed by atoms with van der Waals surface area (Å²) >= 11 is 0. The fraction of sp³-hybridized carbons (Fsp3) is 0.118. The Morgan fingerprint density at radius 1 is 1.14 bits per heavy atom. The summed E-state index contributed by atoms with van der Waals surface area (Å²) in [5, 5.41) is 8.50. The molecule has 110 valence electrons. The summed E-state index contributed by atoms with van der Waals surface area (Å²) in [6.45, 7) is 0.447. The van der Waals surface area contributed by atoms with Gasteiger partial charge in [-0.15, -0.1) is 0 Å². The van der Waals surface area contributed by atoms with Gasteiger partial charge in [-0.25, -0.2) is 0 Å². The number of hydrogen-bond donors (Lipinski definition) is 0. The van der Waals surface area contributed by atoms with Crippen LogP contribution in [0, 0.1) is 0 Å². The van der Waals surface area contributed by atoms with Crippen molar-refractivity contribution in [3.05, 3.63) is 72.2 Å². The normalized spacial score (nSPS) is 11.0. The van der Waals surface area contributed by atoms with Crippen LogP contribution >= 0.6 is 0 Å². The van der Waals surface area contributed by atoms with Crippen molar-refractivity contribution in [3.8, 4) is 11.3 Å². The van der Waals surface area contributed by atoms with Gasteiger partial charge in [-0.2, -0.15) is 5.10 Å². The smallest absolute Gasteiger partial charge is 0.142 e. The van der Waals surface area contributed by atoms with Crippen LogP contribution in [0.5, 0.6) is 0 Å². The van der Waals surface area contributed by atoms with E-state index in [1.54, 1.807) is 23.3 Å². The van der Waals surface area contributed by atoms with E-state index in [1.165, 1.54) is 0 Å². The van der Waals surface area contributed by atoms with E-state index in [4.69, 9.17) is 4.84 Å². The highest BCUT2D eigenvalue weighted by Gasteiger charge is 2.08. The molecule has 1 aromatic carbocycles. The molecule has 5 heteroatoms. The van der Waals surface area contributed by atoms with Crippen molar-refractivity contribution in [1.82, 2.24) is 14.8 Å². The molecule has 2 heterocycles. The number of oxime groups is 1. The molecule has 2 aromatic heterocycles. The summed E-state index contributed by atoms with van der Waals surface area (Å²) in [4.78, 5) is 9.37. The maximum Gasteiger partial charge on any atom is 0.142 e. The predicted octanol–water partition coefficient (Wildman–Crippen LogP) is 3.03. The van der Waals surface area contributed by atoms with Crippen LogP contribution in [0.15, 0.2) is 66.2 Å². The summed E-state index contributed by atoms with van der Waals surface area (Å²) in [5.74, 6) is 0. The largest absolute Gasteiger partial charge is 0.391 e. The average molecular weight is 292 g/mol. The highest BCUT2D eigenvalue weighted by atomic mass is 16.6. The Kier molecular flexibility index (Phi) is 4.25. The third kappa shape index (κ3) is 3.38. The molecule has 0 saturated heterocycles. The first-order valence-corrected chi connectivity index (χ1v) is 6.96. The molecule has 0 fully saturated rings. The summed E-state index contributed by atoms with van der Waals surface area (Å²) in [7, 11) is 1.88. The number of nitrogens with zero attached hydrogens (tertiary/aromatic N) is 4. The van der Waals surface area contributed by atoms with Gasteiger partial charge in [0.2, 0.25) is 0 Å². The van der Waals surface area contributed by atoms with E-state index in [0.29, 0.717) is 6.61 Å². The first-order chi connectivity index (χ1) is 10.8. The Labute approximate surface area is 128 Å². The Hall–Kier alpha value is -2.95. The van der Waals surface area contributed by atoms with E-state index in [-0.39, 0.29) is 0 Å². The van der Waals surface area contributed by atoms with Gasteiger partial charge in [-0.05, 0) is 17.7 Å². The molecular weight excluding hydrogens is 276 g/mol. The molecule has 0 spiro atoms. The number of benzene rings is 1. The summed E-state index contributed by atoms with van der Waals surface area (Å²) in [6.07, 6.45) is 7.09. The van der Waals surface area contributed by atoms with Crippen LogP contribution in [0.4, 0.5) is 0 Å². The molecule has 0 radical (unpaired) electrons. The molecule has 0 atom stereocenters. The molecule has 0 amide bonds. The van der Waals surface area contributed by atoms with Crippen molar-refractivity contribution in [2.24, 2.45) is 12.2 Å². The first kappa shape index (κ1) is 14.0. The molecule has 0 aliphatic carbocycles. The van der Waals surface area contributed by atoms with Gasteiger partial charge in [0.25, 0.3) is 0 Å². The molecule has 0 N–H and O–H groups in total. The Morgan fingerprint density at radius 2 is 1.91 bits per heavy atom. The highest BCUT2D eigenvalue weighted by molar-refractivity contribution is 5.88. The molecule has 0 aliphatic rings. The van der Waals surface area contributed by atoms with Crippen LogP contribution in [-0.4, -0.2) is 21.0 Å². The van der Waals surface area contributed by atoms with Crippen LogP contribution in [0.25, 0.3) is 11.3 Å². The lowest BCUT2D eigenvalue weighted by Crippen LogP contribution is -1.89. The molecule has 3 aromatic rings. The summed E-state index contributed by atoms with van der Waals surface area (Å²) in [5.41, 5.74) is 3.85. The van der Waals surface area contributed by atoms with Gasteiger partial charge < -0.3 is 4.84 Å². The Morgan fingerprint density at radius 3 is 2.68 bits per heavy atom. The molecular formula is C17H16N4O. The van der Waals surface area contributed by atoms with E-state index in [9.17, 15) is 0 Å². The van der Waals surface area contributed by atoms with Crippen molar-refractivity contribution in [2.75, 3.05) is 0 Å². The Balaban J connectivity index is 1.71. The number of aromatic nitrogens is 3. The van der Waals surface area contributed by atoms with E-state index >= 15 is 0 Å². The lowest BCUT2D eigenvalue weighted by atomic mass is 10.1. The van der Waals surface area contributed by atoms with Crippen molar-refractivity contribution in [3.63, 3.8) is 0 Å². The third-order valence-corrected chi connectivity index (χ3v) is 3.15. The lowest BCUT2D eigenvalue weighted by molar-refractivity contribution is 0.132. The summed E-state index contributed by atoms with van der Waals surface area (Å²) in [6, 6.07) is 13.8. The monoisotopic (exact) mass is 292 g/mol. The van der Waals surface area contributed by atoms with Crippen molar-refractivity contribution in [1.29, 1.82) is 0 Å². The molecule has 22 heavy (non-hydrogen) atoms. The fourth-order valence-corrected chi connectivity index (χ4v) is 2.12. The number of aryl methyl sites for hydroxylation is 1. The van der Waals surface area contributed by atoms with Crippen molar-refractivity contribution in [2.45, 2.75) is 6.61 Å². The van der Waals surface area contributed by atoms with Gasteiger partial charge in [0, 0.05) is 36.8 Å². The van der Waals surface area contributed by atoms with Crippen molar-refractivity contribution < 1.29 is 4.84 Å². The van der Waals surface area contributed by atoms with Crippen LogP contribution in [-0.2, 0) is 18.5 Å². The standard InChI is InChI=1S/C17H16N4O/c1-21-12-16(17(20-21)15-7-9-18-10-8-15)11-19-22-13-14-5-3-2-4-6-14/h2-12H,13H2,1H3/b19-11+. The zero-order valence-electron chi connectivity index (χ0n) is 12.3. The van der Waals surface area contributed by atoms with Crippen LogP contribution in [0.2, 0.25) is 0 Å². The maximum atomic E-state index is 5.34. The lowest BCUT2D eigenvalue weighted by Gasteiger charge is -1.99. The van der Waals surface area contributed by atoms with Gasteiger partial charge in [0.15, 0.2) is 0 Å². The second-order valence-electron chi connectivity index (χ2n) is 4.84. The minimum absolute atomic E-state index is 0.447. The Bertz CT molecular complexity index is 751. The quantitative estimate of drug-likeness (QED) is 0.536.